The SMILES string of the molecule is COc1ccc(-c2cnn3ccc(NCc4ccncc4)nc23)cc1OC. The summed E-state index contributed by atoms with van der Waals surface area (Å²) in [5, 5.41) is 7.74. The van der Waals surface area contributed by atoms with Crippen LogP contribution in [0.3, 0.4) is 0 Å². The summed E-state index contributed by atoms with van der Waals surface area (Å²) in [5.41, 5.74) is 3.78. The van der Waals surface area contributed by atoms with E-state index in [2.05, 4.69) is 15.4 Å². The van der Waals surface area contributed by atoms with Crippen LogP contribution in [0.5, 0.6) is 11.5 Å². The number of anilines is 1. The number of aromatic nitrogens is 4. The zero-order chi connectivity index (χ0) is 18.6. The van der Waals surface area contributed by atoms with Crippen LogP contribution < -0.4 is 14.8 Å². The van der Waals surface area contributed by atoms with Crippen molar-refractivity contribution >= 4 is 11.5 Å². The molecule has 27 heavy (non-hydrogen) atoms. The summed E-state index contributed by atoms with van der Waals surface area (Å²) in [6, 6.07) is 11.6. The summed E-state index contributed by atoms with van der Waals surface area (Å²) in [5.74, 6) is 2.13. The molecule has 4 aromatic rings. The molecule has 0 aliphatic carbocycles. The normalized spacial score (nSPS) is 10.7. The predicted octanol–water partition coefficient (Wildman–Crippen LogP) is 3.42. The second-order valence-electron chi connectivity index (χ2n) is 5.92. The van der Waals surface area contributed by atoms with Gasteiger partial charge in [-0.2, -0.15) is 5.10 Å². The molecule has 0 radical (unpaired) electrons. The molecular formula is C20H19N5O2. The molecule has 0 saturated carbocycles. The van der Waals surface area contributed by atoms with Crippen molar-refractivity contribution in [1.29, 1.82) is 0 Å². The lowest BCUT2D eigenvalue weighted by Gasteiger charge is -2.09. The van der Waals surface area contributed by atoms with Crippen molar-refractivity contribution in [2.45, 2.75) is 6.54 Å². The van der Waals surface area contributed by atoms with Crippen molar-refractivity contribution in [2.75, 3.05) is 19.5 Å². The maximum atomic E-state index is 5.41. The first-order valence-electron chi connectivity index (χ1n) is 8.48. The zero-order valence-electron chi connectivity index (χ0n) is 15.1. The van der Waals surface area contributed by atoms with Gasteiger partial charge in [-0.3, -0.25) is 4.98 Å². The molecular weight excluding hydrogens is 342 g/mol. The molecule has 3 heterocycles. The van der Waals surface area contributed by atoms with Gasteiger partial charge in [-0.05, 0) is 41.5 Å². The minimum Gasteiger partial charge on any atom is -0.493 e. The van der Waals surface area contributed by atoms with Crippen LogP contribution in [0.2, 0.25) is 0 Å². The molecule has 1 N–H and O–H groups in total. The van der Waals surface area contributed by atoms with Crippen molar-refractivity contribution in [1.82, 2.24) is 19.6 Å². The lowest BCUT2D eigenvalue weighted by molar-refractivity contribution is 0.355. The van der Waals surface area contributed by atoms with E-state index in [1.54, 1.807) is 37.3 Å². The predicted molar refractivity (Wildman–Crippen MR) is 103 cm³/mol. The molecule has 0 amide bonds. The van der Waals surface area contributed by atoms with E-state index in [1.807, 2.05) is 42.6 Å². The summed E-state index contributed by atoms with van der Waals surface area (Å²) in [6.45, 7) is 0.672. The minimum atomic E-state index is 0.668. The van der Waals surface area contributed by atoms with E-state index in [0.29, 0.717) is 18.0 Å². The monoisotopic (exact) mass is 361 g/mol. The Balaban J connectivity index is 1.66. The van der Waals surface area contributed by atoms with Crippen molar-refractivity contribution < 1.29 is 9.47 Å². The average molecular weight is 361 g/mol. The third-order valence-electron chi connectivity index (χ3n) is 4.29. The molecule has 0 spiro atoms. The van der Waals surface area contributed by atoms with Gasteiger partial charge in [0, 0.05) is 30.7 Å². The molecule has 0 atom stereocenters. The molecule has 1 aromatic carbocycles. The third-order valence-corrected chi connectivity index (χ3v) is 4.29. The van der Waals surface area contributed by atoms with Gasteiger partial charge < -0.3 is 14.8 Å². The number of nitrogens with one attached hydrogen (secondary N) is 1. The summed E-state index contributed by atoms with van der Waals surface area (Å²) in [6.07, 6.45) is 7.25. The van der Waals surface area contributed by atoms with E-state index >= 15 is 0 Å². The van der Waals surface area contributed by atoms with Gasteiger partial charge >= 0.3 is 0 Å². The first-order valence-corrected chi connectivity index (χ1v) is 8.48. The summed E-state index contributed by atoms with van der Waals surface area (Å²) < 4.78 is 12.5. The largest absolute Gasteiger partial charge is 0.493 e. The highest BCUT2D eigenvalue weighted by atomic mass is 16.5. The van der Waals surface area contributed by atoms with Crippen LogP contribution in [0.25, 0.3) is 16.8 Å². The van der Waals surface area contributed by atoms with E-state index < -0.39 is 0 Å². The Labute approximate surface area is 156 Å². The van der Waals surface area contributed by atoms with Gasteiger partial charge in [-0.1, -0.05) is 6.07 Å². The van der Waals surface area contributed by atoms with E-state index in [4.69, 9.17) is 14.5 Å². The van der Waals surface area contributed by atoms with Crippen LogP contribution in [0.4, 0.5) is 5.82 Å². The lowest BCUT2D eigenvalue weighted by atomic mass is 10.1. The van der Waals surface area contributed by atoms with E-state index in [-0.39, 0.29) is 0 Å². The highest BCUT2D eigenvalue weighted by Crippen LogP contribution is 2.33. The first kappa shape index (κ1) is 16.8. The molecule has 0 fully saturated rings. The van der Waals surface area contributed by atoms with Crippen molar-refractivity contribution in [3.05, 3.63) is 66.7 Å². The van der Waals surface area contributed by atoms with Gasteiger partial charge in [0.2, 0.25) is 0 Å². The average Bonchev–Trinajstić information content (AvgIpc) is 3.15. The second kappa shape index (κ2) is 7.33. The van der Waals surface area contributed by atoms with Crippen LogP contribution in [0.1, 0.15) is 5.56 Å². The Kier molecular flexibility index (Phi) is 4.57. The lowest BCUT2D eigenvalue weighted by Crippen LogP contribution is -2.03. The number of ether oxygens (including phenoxy) is 2. The fraction of sp³-hybridized carbons (Fsp3) is 0.150. The molecule has 136 valence electrons. The highest BCUT2D eigenvalue weighted by Gasteiger charge is 2.12. The van der Waals surface area contributed by atoms with Crippen LogP contribution in [-0.2, 0) is 6.54 Å². The second-order valence-corrected chi connectivity index (χ2v) is 5.92. The number of rotatable bonds is 6. The fourth-order valence-corrected chi connectivity index (χ4v) is 2.87. The molecule has 0 saturated heterocycles. The Morgan fingerprint density at radius 1 is 1.00 bits per heavy atom. The van der Waals surface area contributed by atoms with Gasteiger partial charge in [-0.25, -0.2) is 9.50 Å². The molecule has 7 heteroatoms. The highest BCUT2D eigenvalue weighted by molar-refractivity contribution is 5.79. The number of hydrogen-bond donors (Lipinski definition) is 1. The molecule has 0 aliphatic heterocycles. The molecule has 7 nitrogen and oxygen atoms in total. The van der Waals surface area contributed by atoms with Gasteiger partial charge in [0.1, 0.15) is 5.82 Å². The van der Waals surface area contributed by atoms with E-state index in [9.17, 15) is 0 Å². The summed E-state index contributed by atoms with van der Waals surface area (Å²) >= 11 is 0. The van der Waals surface area contributed by atoms with Crippen LogP contribution in [-0.4, -0.2) is 33.8 Å². The summed E-state index contributed by atoms with van der Waals surface area (Å²) in [4.78, 5) is 8.76. The Bertz CT molecular complexity index is 1060. The molecule has 4 rings (SSSR count). The third kappa shape index (κ3) is 3.39. The molecule has 0 unspecified atom stereocenters. The van der Waals surface area contributed by atoms with Gasteiger partial charge in [0.05, 0.1) is 20.4 Å². The Morgan fingerprint density at radius 2 is 1.81 bits per heavy atom. The van der Waals surface area contributed by atoms with Gasteiger partial charge in [-0.15, -0.1) is 0 Å². The number of hydrogen-bond acceptors (Lipinski definition) is 6. The van der Waals surface area contributed by atoms with E-state index in [1.165, 1.54) is 0 Å². The number of fused-ring (bicyclic) bond motifs is 1. The van der Waals surface area contributed by atoms with Crippen molar-refractivity contribution in [3.8, 4) is 22.6 Å². The quantitative estimate of drug-likeness (QED) is 0.567. The zero-order valence-corrected chi connectivity index (χ0v) is 15.1. The van der Waals surface area contributed by atoms with Gasteiger partial charge in [0.15, 0.2) is 17.1 Å². The molecule has 3 aromatic heterocycles. The number of benzene rings is 1. The fourth-order valence-electron chi connectivity index (χ4n) is 2.87. The Morgan fingerprint density at radius 3 is 2.59 bits per heavy atom. The van der Waals surface area contributed by atoms with E-state index in [0.717, 1.165) is 28.2 Å². The maximum absolute atomic E-state index is 5.41. The molecule has 0 aliphatic rings. The van der Waals surface area contributed by atoms with Crippen molar-refractivity contribution in [3.63, 3.8) is 0 Å². The number of nitrogens with zero attached hydrogens (tertiary/aromatic N) is 4. The summed E-state index contributed by atoms with van der Waals surface area (Å²) in [7, 11) is 3.24. The van der Waals surface area contributed by atoms with Gasteiger partial charge in [0.25, 0.3) is 0 Å². The van der Waals surface area contributed by atoms with Crippen LogP contribution in [0, 0.1) is 0 Å². The molecule has 0 bridgehead atoms. The van der Waals surface area contributed by atoms with Crippen LogP contribution >= 0.6 is 0 Å². The Hall–Kier alpha value is -3.61. The standard InChI is InChI=1S/C20H19N5O2/c1-26-17-4-3-15(11-18(17)27-2)16-13-23-25-10-7-19(24-20(16)25)22-12-14-5-8-21-9-6-14/h3-11,13H,12H2,1-2H3,(H,22,24). The van der Waals surface area contributed by atoms with Crippen molar-refractivity contribution in [2.24, 2.45) is 0 Å². The minimum absolute atomic E-state index is 0.668. The smallest absolute Gasteiger partial charge is 0.165 e. The number of pyridine rings is 1. The maximum Gasteiger partial charge on any atom is 0.165 e. The topological polar surface area (TPSA) is 73.6 Å². The number of methoxy groups -OCH3 is 2. The van der Waals surface area contributed by atoms with Crippen LogP contribution in [0.15, 0.2) is 61.2 Å². The first-order chi connectivity index (χ1) is 13.3.